The fourth-order valence-electron chi connectivity index (χ4n) is 1.75. The molecule has 92 valence electrons. The first-order valence-corrected chi connectivity index (χ1v) is 6.02. The van der Waals surface area contributed by atoms with Gasteiger partial charge in [-0.2, -0.15) is 0 Å². The maximum Gasteiger partial charge on any atom is 0.164 e. The van der Waals surface area contributed by atoms with Crippen molar-refractivity contribution in [2.75, 3.05) is 0 Å². The monoisotopic (exact) mass is 233 g/mol. The average molecular weight is 233 g/mol. The Hall–Kier alpha value is -1.51. The van der Waals surface area contributed by atoms with Crippen molar-refractivity contribution in [1.82, 2.24) is 4.98 Å². The van der Waals surface area contributed by atoms with Crippen molar-refractivity contribution >= 4 is 11.6 Å². The van der Waals surface area contributed by atoms with Gasteiger partial charge in [0.15, 0.2) is 5.78 Å². The number of rotatable bonds is 6. The molecular weight excluding hydrogens is 214 g/mol. The highest BCUT2D eigenvalue weighted by molar-refractivity contribution is 5.97. The molecule has 0 aliphatic rings. The molecule has 3 heteroatoms. The molecule has 1 heterocycles. The van der Waals surface area contributed by atoms with Crippen LogP contribution < -0.4 is 0 Å². The summed E-state index contributed by atoms with van der Waals surface area (Å²) in [6, 6.07) is 1.89. The lowest BCUT2D eigenvalue weighted by Crippen LogP contribution is -2.06. The van der Waals surface area contributed by atoms with E-state index >= 15 is 0 Å². The molecule has 0 radical (unpaired) electrons. The van der Waals surface area contributed by atoms with Gasteiger partial charge in [0.05, 0.1) is 5.69 Å². The zero-order valence-corrected chi connectivity index (χ0v) is 10.7. The summed E-state index contributed by atoms with van der Waals surface area (Å²) in [5.74, 6) is 0.232. The van der Waals surface area contributed by atoms with Crippen LogP contribution in [0.1, 0.15) is 54.7 Å². The normalized spacial score (nSPS) is 10.3. The summed E-state index contributed by atoms with van der Waals surface area (Å²) in [4.78, 5) is 27.1. The molecule has 0 aromatic carbocycles. The molecule has 0 unspecified atom stereocenters. The third-order valence-electron chi connectivity index (χ3n) is 2.67. The minimum atomic E-state index is 0.0966. The van der Waals surface area contributed by atoms with E-state index < -0.39 is 0 Å². The van der Waals surface area contributed by atoms with Crippen molar-refractivity contribution in [2.24, 2.45) is 0 Å². The quantitative estimate of drug-likeness (QED) is 0.710. The van der Waals surface area contributed by atoms with Crippen LogP contribution in [0.3, 0.4) is 0 Å². The van der Waals surface area contributed by atoms with Gasteiger partial charge in [0.2, 0.25) is 0 Å². The van der Waals surface area contributed by atoms with Crippen LogP contribution in [0, 0.1) is 6.92 Å². The predicted molar refractivity (Wildman–Crippen MR) is 67.2 cm³/mol. The van der Waals surface area contributed by atoms with Gasteiger partial charge in [0.1, 0.15) is 5.78 Å². The number of aryl methyl sites for hydroxylation is 2. The van der Waals surface area contributed by atoms with E-state index in [0.29, 0.717) is 19.3 Å². The first-order valence-electron chi connectivity index (χ1n) is 6.02. The summed E-state index contributed by atoms with van der Waals surface area (Å²) in [6.45, 7) is 5.47. The highest BCUT2D eigenvalue weighted by Gasteiger charge is 2.11. The largest absolute Gasteiger partial charge is 0.300 e. The highest BCUT2D eigenvalue weighted by atomic mass is 16.1. The molecular formula is C14H19NO2. The number of hydrogen-bond donors (Lipinski definition) is 0. The van der Waals surface area contributed by atoms with Gasteiger partial charge in [-0.1, -0.05) is 6.92 Å². The lowest BCUT2D eigenvalue weighted by atomic mass is 10.0. The van der Waals surface area contributed by atoms with E-state index in [1.165, 1.54) is 0 Å². The molecule has 17 heavy (non-hydrogen) atoms. The maximum atomic E-state index is 12.0. The van der Waals surface area contributed by atoms with Gasteiger partial charge in [-0.15, -0.1) is 0 Å². The van der Waals surface area contributed by atoms with E-state index in [2.05, 4.69) is 4.98 Å². The van der Waals surface area contributed by atoms with Crippen LogP contribution >= 0.6 is 0 Å². The number of aromatic nitrogens is 1. The predicted octanol–water partition coefficient (Wildman–Crippen LogP) is 2.89. The van der Waals surface area contributed by atoms with Crippen LogP contribution in [0.25, 0.3) is 0 Å². The second-order valence-electron chi connectivity index (χ2n) is 4.34. The van der Waals surface area contributed by atoms with E-state index in [1.54, 1.807) is 13.1 Å². The fraction of sp³-hybridized carbons (Fsp3) is 0.500. The Morgan fingerprint density at radius 1 is 1.29 bits per heavy atom. The Bertz CT molecular complexity index is 424. The van der Waals surface area contributed by atoms with Crippen molar-refractivity contribution in [1.29, 1.82) is 0 Å². The van der Waals surface area contributed by atoms with Crippen LogP contribution in [0.2, 0.25) is 0 Å². The maximum absolute atomic E-state index is 12.0. The van der Waals surface area contributed by atoms with Gasteiger partial charge in [0, 0.05) is 24.6 Å². The van der Waals surface area contributed by atoms with E-state index in [4.69, 9.17) is 0 Å². The molecule has 3 nitrogen and oxygen atoms in total. The van der Waals surface area contributed by atoms with E-state index in [1.807, 2.05) is 19.9 Å². The molecule has 1 aromatic heterocycles. The van der Waals surface area contributed by atoms with E-state index in [0.717, 1.165) is 23.2 Å². The zero-order valence-electron chi connectivity index (χ0n) is 10.7. The first-order chi connectivity index (χ1) is 8.04. The summed E-state index contributed by atoms with van der Waals surface area (Å²) < 4.78 is 0. The molecule has 0 fully saturated rings. The average Bonchev–Trinajstić information content (AvgIpc) is 2.28. The SMILES string of the molecule is CCc1ncc(C)cc1C(=O)CCCC(C)=O. The Morgan fingerprint density at radius 3 is 2.59 bits per heavy atom. The van der Waals surface area contributed by atoms with Crippen LogP contribution in [0.4, 0.5) is 0 Å². The summed E-state index contributed by atoms with van der Waals surface area (Å²) in [7, 11) is 0. The molecule has 0 bridgehead atoms. The molecule has 0 saturated carbocycles. The topological polar surface area (TPSA) is 47.0 Å². The molecule has 0 aliphatic carbocycles. The van der Waals surface area contributed by atoms with Crippen molar-refractivity contribution in [3.05, 3.63) is 29.1 Å². The number of hydrogen-bond acceptors (Lipinski definition) is 3. The second-order valence-corrected chi connectivity index (χ2v) is 4.34. The van der Waals surface area contributed by atoms with Gasteiger partial charge in [0.25, 0.3) is 0 Å². The van der Waals surface area contributed by atoms with Crippen molar-refractivity contribution < 1.29 is 9.59 Å². The van der Waals surface area contributed by atoms with Gasteiger partial charge < -0.3 is 4.79 Å². The molecule has 1 aromatic rings. The Morgan fingerprint density at radius 2 is 2.00 bits per heavy atom. The summed E-state index contributed by atoms with van der Waals surface area (Å²) in [5, 5.41) is 0. The first kappa shape index (κ1) is 13.6. The number of carbonyl (C=O) groups is 2. The van der Waals surface area contributed by atoms with Crippen molar-refractivity contribution in [2.45, 2.75) is 46.5 Å². The van der Waals surface area contributed by atoms with Gasteiger partial charge in [-0.25, -0.2) is 0 Å². The molecule has 0 aliphatic heterocycles. The lowest BCUT2D eigenvalue weighted by molar-refractivity contribution is -0.117. The smallest absolute Gasteiger partial charge is 0.164 e. The Labute approximate surface area is 102 Å². The molecule has 0 amide bonds. The molecule has 0 atom stereocenters. The Balaban J connectivity index is 2.73. The summed E-state index contributed by atoms with van der Waals surface area (Å²) >= 11 is 0. The van der Waals surface area contributed by atoms with E-state index in [9.17, 15) is 9.59 Å². The minimum absolute atomic E-state index is 0.0966. The highest BCUT2D eigenvalue weighted by Crippen LogP contribution is 2.13. The van der Waals surface area contributed by atoms with Crippen LogP contribution in [0.5, 0.6) is 0 Å². The third-order valence-corrected chi connectivity index (χ3v) is 2.67. The molecule has 0 saturated heterocycles. The van der Waals surface area contributed by atoms with Crippen molar-refractivity contribution in [3.8, 4) is 0 Å². The summed E-state index contributed by atoms with van der Waals surface area (Å²) in [5.41, 5.74) is 2.57. The van der Waals surface area contributed by atoms with Gasteiger partial charge in [-0.05, 0) is 38.3 Å². The van der Waals surface area contributed by atoms with Crippen molar-refractivity contribution in [3.63, 3.8) is 0 Å². The number of Topliss-reactive ketones (excluding diaryl/α,β-unsaturated/α-hetero) is 2. The fourth-order valence-corrected chi connectivity index (χ4v) is 1.75. The number of ketones is 2. The third kappa shape index (κ3) is 4.10. The van der Waals surface area contributed by atoms with Crippen LogP contribution in [-0.2, 0) is 11.2 Å². The standard InChI is InChI=1S/C14H19NO2/c1-4-13-12(8-10(2)9-15-13)14(17)7-5-6-11(3)16/h8-9H,4-7H2,1-3H3. The Kier molecular flexibility index (Phi) is 5.01. The summed E-state index contributed by atoms with van der Waals surface area (Å²) in [6.07, 6.45) is 4.08. The van der Waals surface area contributed by atoms with Gasteiger partial charge in [-0.3, -0.25) is 9.78 Å². The molecule has 1 rings (SSSR count). The van der Waals surface area contributed by atoms with Crippen LogP contribution in [0.15, 0.2) is 12.3 Å². The lowest BCUT2D eigenvalue weighted by Gasteiger charge is -2.06. The zero-order chi connectivity index (χ0) is 12.8. The van der Waals surface area contributed by atoms with E-state index in [-0.39, 0.29) is 11.6 Å². The number of carbonyl (C=O) groups excluding carboxylic acids is 2. The number of nitrogens with zero attached hydrogens (tertiary/aromatic N) is 1. The molecule has 0 spiro atoms. The minimum Gasteiger partial charge on any atom is -0.300 e. The number of pyridine rings is 1. The second kappa shape index (κ2) is 6.28. The van der Waals surface area contributed by atoms with Gasteiger partial charge >= 0.3 is 0 Å². The van der Waals surface area contributed by atoms with Crippen LogP contribution in [-0.4, -0.2) is 16.6 Å². The molecule has 0 N–H and O–H groups in total.